The molecule has 1 aliphatic rings. The maximum absolute atomic E-state index is 13.0. The van der Waals surface area contributed by atoms with Crippen molar-refractivity contribution in [3.63, 3.8) is 0 Å². The highest BCUT2D eigenvalue weighted by atomic mass is 35.5. The van der Waals surface area contributed by atoms with Crippen LogP contribution < -0.4 is 5.63 Å². The Morgan fingerprint density at radius 2 is 1.61 bits per heavy atom. The van der Waals surface area contributed by atoms with Crippen molar-refractivity contribution in [1.29, 1.82) is 0 Å². The van der Waals surface area contributed by atoms with Gasteiger partial charge >= 0.3 is 5.63 Å². The van der Waals surface area contributed by atoms with Crippen molar-refractivity contribution < 1.29 is 12.8 Å². The maximum Gasteiger partial charge on any atom is 0.336 e. The van der Waals surface area contributed by atoms with Gasteiger partial charge in [-0.15, -0.1) is 0 Å². The van der Waals surface area contributed by atoms with Gasteiger partial charge in [-0.05, 0) is 60.9 Å². The van der Waals surface area contributed by atoms with E-state index in [1.165, 1.54) is 28.6 Å². The van der Waals surface area contributed by atoms with E-state index in [9.17, 15) is 13.2 Å². The summed E-state index contributed by atoms with van der Waals surface area (Å²) in [5.74, 6) is 0. The smallest absolute Gasteiger partial charge is 0.336 e. The molecule has 6 nitrogen and oxygen atoms in total. The Labute approximate surface area is 191 Å². The second-order valence-corrected chi connectivity index (χ2v) is 10.5. The first-order valence-electron chi connectivity index (χ1n) is 9.87. The first-order valence-corrected chi connectivity index (χ1v) is 12.1. The number of rotatable bonds is 4. The fourth-order valence-electron chi connectivity index (χ4n) is 3.77. The summed E-state index contributed by atoms with van der Waals surface area (Å²) in [5.41, 5.74) is 3.27. The molecule has 0 amide bonds. The van der Waals surface area contributed by atoms with E-state index >= 15 is 0 Å². The second-order valence-electron chi connectivity index (χ2n) is 7.78. The monoisotopic (exact) mass is 480 g/mol. The predicted molar refractivity (Wildman–Crippen MR) is 122 cm³/mol. The number of aryl methyl sites for hydroxylation is 2. The number of piperazine rings is 1. The van der Waals surface area contributed by atoms with Crippen molar-refractivity contribution in [2.45, 2.75) is 25.3 Å². The van der Waals surface area contributed by atoms with E-state index in [1.54, 1.807) is 0 Å². The molecule has 2 aromatic carbocycles. The number of nitrogens with zero attached hydrogens (tertiary/aromatic N) is 2. The van der Waals surface area contributed by atoms with Crippen LogP contribution in [0.1, 0.15) is 16.7 Å². The molecule has 0 aliphatic carbocycles. The zero-order valence-electron chi connectivity index (χ0n) is 17.2. The van der Waals surface area contributed by atoms with Crippen molar-refractivity contribution in [2.75, 3.05) is 26.2 Å². The molecule has 0 radical (unpaired) electrons. The van der Waals surface area contributed by atoms with Crippen LogP contribution in [0.5, 0.6) is 0 Å². The fraction of sp³-hybridized carbons (Fsp3) is 0.318. The number of hydrogen-bond donors (Lipinski definition) is 0. The van der Waals surface area contributed by atoms with Crippen LogP contribution in [0.15, 0.2) is 50.5 Å². The van der Waals surface area contributed by atoms with Gasteiger partial charge in [-0.2, -0.15) is 4.31 Å². The minimum Gasteiger partial charge on any atom is -0.423 e. The molecule has 0 N–H and O–H groups in total. The van der Waals surface area contributed by atoms with Crippen LogP contribution in [-0.2, 0) is 16.6 Å². The molecule has 31 heavy (non-hydrogen) atoms. The van der Waals surface area contributed by atoms with Crippen molar-refractivity contribution in [3.05, 3.63) is 73.6 Å². The molecular formula is C22H22Cl2N2O4S. The van der Waals surface area contributed by atoms with Crippen LogP contribution in [0.2, 0.25) is 10.0 Å². The van der Waals surface area contributed by atoms with Gasteiger partial charge < -0.3 is 4.42 Å². The molecule has 2 heterocycles. The minimum absolute atomic E-state index is 0.132. The normalized spacial score (nSPS) is 16.1. The summed E-state index contributed by atoms with van der Waals surface area (Å²) in [6.07, 6.45) is 0. The first kappa shape index (κ1) is 22.3. The maximum atomic E-state index is 13.0. The lowest BCUT2D eigenvalue weighted by atomic mass is 10.0. The molecule has 0 unspecified atom stereocenters. The van der Waals surface area contributed by atoms with Crippen LogP contribution in [0.3, 0.4) is 0 Å². The second kappa shape index (κ2) is 8.56. The van der Waals surface area contributed by atoms with Crippen molar-refractivity contribution in [1.82, 2.24) is 9.21 Å². The Hall–Kier alpha value is -1.90. The Balaban J connectivity index is 1.51. The van der Waals surface area contributed by atoms with Crippen LogP contribution in [0, 0.1) is 13.8 Å². The Morgan fingerprint density at radius 1 is 0.935 bits per heavy atom. The standard InChI is InChI=1S/C22H22Cl2N2O4S/c1-14-9-18-16(11-22(27)30-21(18)10-15(14)2)13-25-5-7-26(8-6-25)31(28,29)17-3-4-19(23)20(24)12-17/h3-4,9-12H,5-8,13H2,1-2H3. The lowest BCUT2D eigenvalue weighted by Gasteiger charge is -2.34. The molecule has 0 atom stereocenters. The summed E-state index contributed by atoms with van der Waals surface area (Å²) in [6, 6.07) is 9.78. The molecule has 9 heteroatoms. The number of fused-ring (bicyclic) bond motifs is 1. The van der Waals surface area contributed by atoms with Crippen molar-refractivity contribution >= 4 is 44.2 Å². The number of hydrogen-bond acceptors (Lipinski definition) is 5. The van der Waals surface area contributed by atoms with Gasteiger partial charge in [0, 0.05) is 44.2 Å². The summed E-state index contributed by atoms with van der Waals surface area (Å²) in [7, 11) is -3.65. The van der Waals surface area contributed by atoms with E-state index in [-0.39, 0.29) is 15.5 Å². The average molecular weight is 481 g/mol. The highest BCUT2D eigenvalue weighted by Gasteiger charge is 2.29. The lowest BCUT2D eigenvalue weighted by Crippen LogP contribution is -2.48. The summed E-state index contributed by atoms with van der Waals surface area (Å²) >= 11 is 11.9. The van der Waals surface area contributed by atoms with E-state index in [2.05, 4.69) is 4.90 Å². The highest BCUT2D eigenvalue weighted by Crippen LogP contribution is 2.28. The first-order chi connectivity index (χ1) is 14.6. The molecule has 0 spiro atoms. The molecule has 4 rings (SSSR count). The van der Waals surface area contributed by atoms with Crippen LogP contribution in [-0.4, -0.2) is 43.8 Å². The minimum atomic E-state index is -3.65. The SMILES string of the molecule is Cc1cc2oc(=O)cc(CN3CCN(S(=O)(=O)c4ccc(Cl)c(Cl)c4)CC3)c2cc1C. The predicted octanol–water partition coefficient (Wildman–Crippen LogP) is 4.22. The lowest BCUT2D eigenvalue weighted by molar-refractivity contribution is 0.182. The van der Waals surface area contributed by atoms with Crippen LogP contribution in [0.4, 0.5) is 0 Å². The van der Waals surface area contributed by atoms with Crippen LogP contribution >= 0.6 is 23.2 Å². The van der Waals surface area contributed by atoms with Gasteiger partial charge in [0.25, 0.3) is 0 Å². The van der Waals surface area contributed by atoms with Gasteiger partial charge in [0.2, 0.25) is 10.0 Å². The van der Waals surface area contributed by atoms with E-state index in [0.29, 0.717) is 43.3 Å². The Kier molecular flexibility index (Phi) is 6.16. The van der Waals surface area contributed by atoms with E-state index in [0.717, 1.165) is 22.1 Å². The topological polar surface area (TPSA) is 70.8 Å². The van der Waals surface area contributed by atoms with Gasteiger partial charge in [-0.1, -0.05) is 23.2 Å². The Morgan fingerprint density at radius 3 is 2.29 bits per heavy atom. The van der Waals surface area contributed by atoms with E-state index < -0.39 is 10.0 Å². The molecular weight excluding hydrogens is 459 g/mol. The summed E-state index contributed by atoms with van der Waals surface area (Å²) in [4.78, 5) is 14.3. The van der Waals surface area contributed by atoms with Gasteiger partial charge in [0.05, 0.1) is 14.9 Å². The molecule has 1 saturated heterocycles. The third-order valence-electron chi connectivity index (χ3n) is 5.70. The van der Waals surface area contributed by atoms with Gasteiger partial charge in [-0.3, -0.25) is 4.90 Å². The third kappa shape index (κ3) is 4.52. The zero-order chi connectivity index (χ0) is 22.3. The zero-order valence-corrected chi connectivity index (χ0v) is 19.5. The van der Waals surface area contributed by atoms with Crippen molar-refractivity contribution in [3.8, 4) is 0 Å². The molecule has 164 valence electrons. The van der Waals surface area contributed by atoms with Gasteiger partial charge in [0.15, 0.2) is 0 Å². The fourth-order valence-corrected chi connectivity index (χ4v) is 5.58. The van der Waals surface area contributed by atoms with Gasteiger partial charge in [-0.25, -0.2) is 13.2 Å². The Bertz CT molecular complexity index is 1310. The quantitative estimate of drug-likeness (QED) is 0.522. The summed E-state index contributed by atoms with van der Waals surface area (Å²) in [5, 5.41) is 1.44. The van der Waals surface area contributed by atoms with Crippen molar-refractivity contribution in [2.24, 2.45) is 0 Å². The molecule has 0 bridgehead atoms. The highest BCUT2D eigenvalue weighted by molar-refractivity contribution is 7.89. The van der Waals surface area contributed by atoms with Crippen LogP contribution in [0.25, 0.3) is 11.0 Å². The third-order valence-corrected chi connectivity index (χ3v) is 8.33. The number of sulfonamides is 1. The molecule has 1 fully saturated rings. The molecule has 1 aromatic heterocycles. The molecule has 1 aliphatic heterocycles. The number of benzene rings is 2. The van der Waals surface area contributed by atoms with Gasteiger partial charge in [0.1, 0.15) is 5.58 Å². The number of halogens is 2. The van der Waals surface area contributed by atoms with E-state index in [4.69, 9.17) is 27.6 Å². The average Bonchev–Trinajstić information content (AvgIpc) is 2.72. The summed E-state index contributed by atoms with van der Waals surface area (Å²) < 4.78 is 32.7. The largest absolute Gasteiger partial charge is 0.423 e. The summed E-state index contributed by atoms with van der Waals surface area (Å²) in [6.45, 7) is 6.34. The molecule has 0 saturated carbocycles. The molecule has 3 aromatic rings. The van der Waals surface area contributed by atoms with E-state index in [1.807, 2.05) is 26.0 Å².